The first-order valence-corrected chi connectivity index (χ1v) is 4.33. The van der Waals surface area contributed by atoms with Gasteiger partial charge in [-0.05, 0) is 38.8 Å². The monoisotopic (exact) mass is 256 g/mol. The van der Waals surface area contributed by atoms with Crippen LogP contribution in [0.4, 0.5) is 0 Å². The van der Waals surface area contributed by atoms with Gasteiger partial charge in [0.05, 0.1) is 9.50 Å². The van der Waals surface area contributed by atoms with E-state index in [1.54, 1.807) is 6.92 Å². The molecule has 0 aromatic heterocycles. The number of rotatable bonds is 2. The second-order valence-corrected chi connectivity index (χ2v) is 4.83. The molecule has 1 unspecified atom stereocenters. The largest absolute Gasteiger partial charge is 0.393 e. The first-order chi connectivity index (χ1) is 4.04. The lowest BCUT2D eigenvalue weighted by molar-refractivity contribution is 0.157. The molecule has 1 N–H and O–H groups in total. The Hall–Kier alpha value is 0.660. The fraction of sp³-hybridized carbons (Fsp3) is 0.667. The van der Waals surface area contributed by atoms with E-state index >= 15 is 0 Å². The van der Waals surface area contributed by atoms with Gasteiger partial charge in [0.15, 0.2) is 0 Å². The lowest BCUT2D eigenvalue weighted by Crippen LogP contribution is -2.09. The molecule has 0 aliphatic heterocycles. The minimum Gasteiger partial charge on any atom is -0.393 e. The Labute approximate surface area is 72.4 Å². The molecule has 0 amide bonds. The smallest absolute Gasteiger partial charge is 0.0572 e. The molecule has 0 fully saturated rings. The molecule has 0 saturated heterocycles. The predicted octanol–water partition coefficient (Wildman–Crippen LogP) is 2.63. The summed E-state index contributed by atoms with van der Waals surface area (Å²) < 4.78 is 0.892. The van der Waals surface area contributed by atoms with Gasteiger partial charge in [0, 0.05) is 5.92 Å². The van der Waals surface area contributed by atoms with Crippen LogP contribution in [0, 0.1) is 5.92 Å². The molecule has 0 radical (unpaired) electrons. The minimum atomic E-state index is -0.282. The molecule has 0 saturated carbocycles. The second kappa shape index (κ2) is 4.47. The number of halogens is 2. The lowest BCUT2D eigenvalue weighted by Gasteiger charge is -2.08. The number of hydrogen-bond donors (Lipinski definition) is 1. The van der Waals surface area contributed by atoms with Crippen molar-refractivity contribution in [2.75, 3.05) is 0 Å². The fourth-order valence-corrected chi connectivity index (χ4v) is 1.17. The average Bonchev–Trinajstić information content (AvgIpc) is 1.63. The van der Waals surface area contributed by atoms with E-state index < -0.39 is 0 Å². The molecular weight excluding hydrogens is 248 g/mol. The van der Waals surface area contributed by atoms with Gasteiger partial charge in [0.2, 0.25) is 0 Å². The second-order valence-electron chi connectivity index (χ2n) is 2.06. The average molecular weight is 258 g/mol. The number of aliphatic hydroxyl groups is 1. The van der Waals surface area contributed by atoms with Gasteiger partial charge in [-0.15, -0.1) is 0 Å². The van der Waals surface area contributed by atoms with Gasteiger partial charge in [0.1, 0.15) is 0 Å². The van der Waals surface area contributed by atoms with Crippen molar-refractivity contribution < 1.29 is 5.11 Å². The van der Waals surface area contributed by atoms with Crippen LogP contribution < -0.4 is 0 Å². The van der Waals surface area contributed by atoms with Crippen LogP contribution in [0.2, 0.25) is 0 Å². The number of hydrogen-bond acceptors (Lipinski definition) is 1. The van der Waals surface area contributed by atoms with Gasteiger partial charge < -0.3 is 5.11 Å². The molecule has 2 atom stereocenters. The summed E-state index contributed by atoms with van der Waals surface area (Å²) >= 11 is 6.42. The molecule has 9 heavy (non-hydrogen) atoms. The minimum absolute atomic E-state index is 0.193. The Bertz CT molecular complexity index is 106. The molecule has 0 aliphatic rings. The number of aliphatic hydroxyl groups excluding tert-OH is 1. The van der Waals surface area contributed by atoms with Crippen LogP contribution in [0.3, 0.4) is 0 Å². The summed E-state index contributed by atoms with van der Waals surface area (Å²) in [4.78, 5) is 0. The van der Waals surface area contributed by atoms with E-state index in [4.69, 9.17) is 5.11 Å². The third-order valence-electron chi connectivity index (χ3n) is 1.15. The van der Waals surface area contributed by atoms with Crippen LogP contribution in [0.5, 0.6) is 0 Å². The van der Waals surface area contributed by atoms with Gasteiger partial charge in [-0.1, -0.05) is 13.0 Å². The van der Waals surface area contributed by atoms with Crippen LogP contribution in [-0.2, 0) is 0 Å². The van der Waals surface area contributed by atoms with E-state index in [9.17, 15) is 0 Å². The molecule has 0 spiro atoms. The summed E-state index contributed by atoms with van der Waals surface area (Å²) in [5.74, 6) is 0.193. The highest BCUT2D eigenvalue weighted by Crippen LogP contribution is 2.17. The fourth-order valence-electron chi connectivity index (χ4n) is 0.338. The summed E-state index contributed by atoms with van der Waals surface area (Å²) in [6.45, 7) is 3.72. The summed E-state index contributed by atoms with van der Waals surface area (Å²) in [6.07, 6.45) is 1.63. The van der Waals surface area contributed by atoms with E-state index in [1.165, 1.54) is 0 Å². The Kier molecular flexibility index (Phi) is 4.80. The highest BCUT2D eigenvalue weighted by Gasteiger charge is 2.04. The van der Waals surface area contributed by atoms with E-state index in [0.717, 1.165) is 3.39 Å². The first-order valence-electron chi connectivity index (χ1n) is 2.75. The first kappa shape index (κ1) is 9.66. The Morgan fingerprint density at radius 2 is 1.89 bits per heavy atom. The maximum Gasteiger partial charge on any atom is 0.0572 e. The van der Waals surface area contributed by atoms with Crippen LogP contribution >= 0.6 is 31.9 Å². The third-order valence-corrected chi connectivity index (χ3v) is 1.68. The normalized spacial score (nSPS) is 16.6. The molecule has 0 heterocycles. The lowest BCUT2D eigenvalue weighted by atomic mass is 10.1. The van der Waals surface area contributed by atoms with Crippen LogP contribution in [-0.4, -0.2) is 11.2 Å². The van der Waals surface area contributed by atoms with Gasteiger partial charge in [-0.2, -0.15) is 0 Å². The molecule has 3 heteroatoms. The molecule has 0 aromatic carbocycles. The Morgan fingerprint density at radius 1 is 1.44 bits per heavy atom. The summed E-state index contributed by atoms with van der Waals surface area (Å²) in [5.41, 5.74) is 0. The van der Waals surface area contributed by atoms with Crippen LogP contribution in [0.1, 0.15) is 13.8 Å². The molecule has 0 bridgehead atoms. The third kappa shape index (κ3) is 5.12. The maximum absolute atomic E-state index is 8.98. The van der Waals surface area contributed by atoms with E-state index in [-0.39, 0.29) is 12.0 Å². The topological polar surface area (TPSA) is 20.2 Å². The predicted molar refractivity (Wildman–Crippen MR) is 46.8 cm³/mol. The van der Waals surface area contributed by atoms with Crippen molar-refractivity contribution in [3.05, 3.63) is 9.47 Å². The van der Waals surface area contributed by atoms with Crippen molar-refractivity contribution in [2.24, 2.45) is 5.92 Å². The molecule has 0 aromatic rings. The van der Waals surface area contributed by atoms with Crippen molar-refractivity contribution in [3.63, 3.8) is 0 Å². The van der Waals surface area contributed by atoms with Crippen LogP contribution in [0.25, 0.3) is 0 Å². The summed E-state index contributed by atoms with van der Waals surface area (Å²) in [6, 6.07) is 0. The van der Waals surface area contributed by atoms with Gasteiger partial charge in [-0.25, -0.2) is 0 Å². The summed E-state index contributed by atoms with van der Waals surface area (Å²) in [5, 5.41) is 8.98. The Morgan fingerprint density at radius 3 is 2.00 bits per heavy atom. The SMILES string of the molecule is CC(O)[C@H](C)C=C(Br)Br. The molecule has 1 nitrogen and oxygen atoms in total. The zero-order valence-electron chi connectivity index (χ0n) is 5.44. The van der Waals surface area contributed by atoms with Gasteiger partial charge in [0.25, 0.3) is 0 Å². The van der Waals surface area contributed by atoms with Gasteiger partial charge in [-0.3, -0.25) is 0 Å². The molecule has 0 aliphatic carbocycles. The van der Waals surface area contributed by atoms with Gasteiger partial charge >= 0.3 is 0 Å². The van der Waals surface area contributed by atoms with E-state index in [0.29, 0.717) is 0 Å². The Balaban J connectivity index is 3.76. The highest BCUT2D eigenvalue weighted by atomic mass is 79.9. The van der Waals surface area contributed by atoms with Crippen molar-refractivity contribution in [1.82, 2.24) is 0 Å². The van der Waals surface area contributed by atoms with E-state index in [2.05, 4.69) is 31.9 Å². The van der Waals surface area contributed by atoms with Crippen molar-refractivity contribution in [2.45, 2.75) is 20.0 Å². The van der Waals surface area contributed by atoms with Crippen molar-refractivity contribution >= 4 is 31.9 Å². The van der Waals surface area contributed by atoms with Crippen molar-refractivity contribution in [1.29, 1.82) is 0 Å². The molecular formula is C6H10Br2O. The summed E-state index contributed by atoms with van der Waals surface area (Å²) in [7, 11) is 0. The highest BCUT2D eigenvalue weighted by molar-refractivity contribution is 9.28. The maximum atomic E-state index is 8.98. The molecule has 54 valence electrons. The van der Waals surface area contributed by atoms with E-state index in [1.807, 2.05) is 13.0 Å². The zero-order chi connectivity index (χ0) is 7.44. The quantitative estimate of drug-likeness (QED) is 0.807. The van der Waals surface area contributed by atoms with Crippen molar-refractivity contribution in [3.8, 4) is 0 Å². The standard InChI is InChI=1S/C6H10Br2O/c1-4(5(2)9)3-6(7)8/h3-5,9H,1-2H3/t4-,5?/m1/s1. The molecule has 0 rings (SSSR count). The van der Waals surface area contributed by atoms with Crippen LogP contribution in [0.15, 0.2) is 9.47 Å². The zero-order valence-corrected chi connectivity index (χ0v) is 8.61.